The van der Waals surface area contributed by atoms with Crippen molar-refractivity contribution in [2.24, 2.45) is 0 Å². The Labute approximate surface area is 198 Å². The van der Waals surface area contributed by atoms with Crippen molar-refractivity contribution in [2.45, 2.75) is 11.8 Å². The van der Waals surface area contributed by atoms with Crippen molar-refractivity contribution in [1.29, 1.82) is 0 Å². The van der Waals surface area contributed by atoms with Crippen LogP contribution in [0.5, 0.6) is 0 Å². The van der Waals surface area contributed by atoms with Gasteiger partial charge in [0.2, 0.25) is 5.95 Å². The van der Waals surface area contributed by atoms with Crippen molar-refractivity contribution in [2.75, 3.05) is 35.5 Å². The molecule has 180 valence electrons. The number of anilines is 3. The smallest absolute Gasteiger partial charge is 0.303 e. The molecule has 0 bridgehead atoms. The van der Waals surface area contributed by atoms with E-state index in [0.717, 1.165) is 8.61 Å². The minimum Gasteiger partial charge on any atom is -0.322 e. The molecule has 0 unspecified atom stereocenters. The first kappa shape index (κ1) is 25.1. The van der Waals surface area contributed by atoms with E-state index in [9.17, 15) is 21.6 Å². The molecular weight excluding hydrogens is 480 g/mol. The number of hydrogen-bond acceptors (Lipinski definition) is 7. The number of aryl methyl sites for hydroxylation is 1. The molecule has 0 radical (unpaired) electrons. The topological polar surface area (TPSA) is 142 Å². The molecule has 0 aliphatic rings. The van der Waals surface area contributed by atoms with E-state index >= 15 is 0 Å². The lowest BCUT2D eigenvalue weighted by Gasteiger charge is -2.23. The molecule has 0 saturated heterocycles. The van der Waals surface area contributed by atoms with Gasteiger partial charge in [0.05, 0.1) is 10.6 Å². The fourth-order valence-corrected chi connectivity index (χ4v) is 4.63. The summed E-state index contributed by atoms with van der Waals surface area (Å²) in [5.74, 6) is -0.476. The fourth-order valence-electron chi connectivity index (χ4n) is 2.80. The summed E-state index contributed by atoms with van der Waals surface area (Å²) in [5.41, 5.74) is 1.69. The Hall–Kier alpha value is -3.55. The molecule has 3 aromatic rings. The van der Waals surface area contributed by atoms with E-state index in [0.29, 0.717) is 22.6 Å². The molecule has 1 heterocycles. The Morgan fingerprint density at radius 2 is 1.50 bits per heavy atom. The zero-order valence-electron chi connectivity index (χ0n) is 18.9. The lowest BCUT2D eigenvalue weighted by molar-refractivity contribution is 0.102. The number of carbonyl (C=O) groups is 1. The van der Waals surface area contributed by atoms with Gasteiger partial charge >= 0.3 is 10.2 Å². The molecule has 34 heavy (non-hydrogen) atoms. The van der Waals surface area contributed by atoms with Gasteiger partial charge in [-0.25, -0.2) is 23.1 Å². The summed E-state index contributed by atoms with van der Waals surface area (Å²) < 4.78 is 54.0. The maximum atomic E-state index is 12.6. The van der Waals surface area contributed by atoms with Gasteiger partial charge in [0.25, 0.3) is 15.9 Å². The molecule has 0 aliphatic heterocycles. The summed E-state index contributed by atoms with van der Waals surface area (Å²) in [6.07, 6.45) is 1.45. The Morgan fingerprint density at radius 1 is 0.882 bits per heavy atom. The maximum Gasteiger partial charge on any atom is 0.303 e. The Kier molecular flexibility index (Phi) is 7.19. The van der Waals surface area contributed by atoms with E-state index in [1.165, 1.54) is 75.9 Å². The summed E-state index contributed by atoms with van der Waals surface area (Å²) in [4.78, 5) is 20.4. The first-order chi connectivity index (χ1) is 15.9. The van der Waals surface area contributed by atoms with Crippen molar-refractivity contribution < 1.29 is 21.6 Å². The van der Waals surface area contributed by atoms with Crippen LogP contribution in [0.2, 0.25) is 0 Å². The predicted octanol–water partition coefficient (Wildman–Crippen LogP) is 2.08. The quantitative estimate of drug-likeness (QED) is 0.478. The summed E-state index contributed by atoms with van der Waals surface area (Å²) in [5, 5.41) is 2.67. The molecule has 0 saturated carbocycles. The fraction of sp³-hybridized carbons (Fsp3) is 0.190. The van der Waals surface area contributed by atoms with Crippen LogP contribution in [-0.2, 0) is 20.2 Å². The Morgan fingerprint density at radius 3 is 2.06 bits per heavy atom. The Balaban J connectivity index is 1.69. The van der Waals surface area contributed by atoms with Crippen LogP contribution >= 0.6 is 0 Å². The lowest BCUT2D eigenvalue weighted by Crippen LogP contribution is -2.37. The average Bonchev–Trinajstić information content (AvgIpc) is 2.78. The van der Waals surface area contributed by atoms with Gasteiger partial charge in [0.1, 0.15) is 0 Å². The van der Waals surface area contributed by atoms with Gasteiger partial charge in [-0.2, -0.15) is 12.7 Å². The second kappa shape index (κ2) is 9.75. The van der Waals surface area contributed by atoms with Crippen molar-refractivity contribution in [1.82, 2.24) is 14.3 Å². The number of sulfonamides is 1. The van der Waals surface area contributed by atoms with Crippen molar-refractivity contribution >= 4 is 43.5 Å². The summed E-state index contributed by atoms with van der Waals surface area (Å²) in [6, 6.07) is 13.3. The summed E-state index contributed by atoms with van der Waals surface area (Å²) in [6.45, 7) is 1.72. The van der Waals surface area contributed by atoms with Crippen LogP contribution in [0.3, 0.4) is 0 Å². The molecule has 13 heteroatoms. The molecular formula is C21H24N6O5S2. The number of nitrogens with one attached hydrogen (secondary N) is 2. The molecule has 2 aromatic carbocycles. The molecule has 11 nitrogen and oxygen atoms in total. The molecule has 0 aliphatic carbocycles. The van der Waals surface area contributed by atoms with Crippen LogP contribution in [0.15, 0.2) is 65.7 Å². The van der Waals surface area contributed by atoms with Gasteiger partial charge in [-0.15, -0.1) is 0 Å². The summed E-state index contributed by atoms with van der Waals surface area (Å²) >= 11 is 0. The molecule has 0 spiro atoms. The first-order valence-corrected chi connectivity index (χ1v) is 12.8. The number of amides is 1. The highest BCUT2D eigenvalue weighted by atomic mass is 32.2. The number of carbonyl (C=O) groups excluding carboxylic acids is 1. The SMILES string of the molecule is Cc1ccnc(NS(=O)(=O)c2ccc(NC(=O)c3ccc(N(C)S(=O)(=O)N(C)C)cc3)cc2)n1. The van der Waals surface area contributed by atoms with Gasteiger partial charge in [-0.3, -0.25) is 9.10 Å². The molecule has 0 fully saturated rings. The van der Waals surface area contributed by atoms with E-state index in [2.05, 4.69) is 20.0 Å². The van der Waals surface area contributed by atoms with Crippen LogP contribution in [-0.4, -0.2) is 58.2 Å². The third-order valence-electron chi connectivity index (χ3n) is 4.74. The van der Waals surface area contributed by atoms with Gasteiger partial charge in [0, 0.05) is 44.3 Å². The normalized spacial score (nSPS) is 11.8. The maximum absolute atomic E-state index is 12.6. The lowest BCUT2D eigenvalue weighted by atomic mass is 10.2. The van der Waals surface area contributed by atoms with Crippen molar-refractivity contribution in [3.63, 3.8) is 0 Å². The largest absolute Gasteiger partial charge is 0.322 e. The van der Waals surface area contributed by atoms with Crippen LogP contribution in [0.25, 0.3) is 0 Å². The molecule has 0 atom stereocenters. The van der Waals surface area contributed by atoms with E-state index in [1.54, 1.807) is 13.0 Å². The van der Waals surface area contributed by atoms with Crippen molar-refractivity contribution in [3.8, 4) is 0 Å². The number of nitrogens with zero attached hydrogens (tertiary/aromatic N) is 4. The highest BCUT2D eigenvalue weighted by Gasteiger charge is 2.21. The molecule has 3 rings (SSSR count). The van der Waals surface area contributed by atoms with Crippen LogP contribution in [0, 0.1) is 6.92 Å². The Bertz CT molecular complexity index is 1390. The van der Waals surface area contributed by atoms with Crippen LogP contribution < -0.4 is 14.3 Å². The highest BCUT2D eigenvalue weighted by molar-refractivity contribution is 7.92. The van der Waals surface area contributed by atoms with Gasteiger partial charge in [0.15, 0.2) is 0 Å². The minimum absolute atomic E-state index is 0.0231. The van der Waals surface area contributed by atoms with Gasteiger partial charge in [-0.1, -0.05) is 0 Å². The van der Waals surface area contributed by atoms with Crippen LogP contribution in [0.1, 0.15) is 16.1 Å². The molecule has 2 N–H and O–H groups in total. The van der Waals surface area contributed by atoms with Crippen LogP contribution in [0.4, 0.5) is 17.3 Å². The zero-order valence-corrected chi connectivity index (χ0v) is 20.6. The second-order valence-corrected chi connectivity index (χ2v) is 11.3. The molecule has 1 aromatic heterocycles. The second-order valence-electron chi connectivity index (χ2n) is 7.41. The monoisotopic (exact) mass is 504 g/mol. The van der Waals surface area contributed by atoms with E-state index in [-0.39, 0.29) is 10.8 Å². The average molecular weight is 505 g/mol. The van der Waals surface area contributed by atoms with Gasteiger partial charge in [-0.05, 0) is 61.5 Å². The third-order valence-corrected chi connectivity index (χ3v) is 7.91. The minimum atomic E-state index is -3.90. The predicted molar refractivity (Wildman–Crippen MR) is 129 cm³/mol. The first-order valence-electron chi connectivity index (χ1n) is 9.90. The number of aromatic nitrogens is 2. The molecule has 1 amide bonds. The van der Waals surface area contributed by atoms with E-state index < -0.39 is 26.1 Å². The van der Waals surface area contributed by atoms with Crippen molar-refractivity contribution in [3.05, 3.63) is 72.1 Å². The number of hydrogen-bond donors (Lipinski definition) is 2. The highest BCUT2D eigenvalue weighted by Crippen LogP contribution is 2.20. The number of rotatable bonds is 8. The third kappa shape index (κ3) is 5.68. The standard InChI is InChI=1S/C21H24N6O5S2/c1-15-13-14-22-21(23-15)25-33(29,30)19-11-7-17(8-12-19)24-20(28)16-5-9-18(10-6-16)27(4)34(31,32)26(2)3/h5-14H,1-4H3,(H,24,28)(H,22,23,25). The summed E-state index contributed by atoms with van der Waals surface area (Å²) in [7, 11) is -3.28. The van der Waals surface area contributed by atoms with E-state index in [4.69, 9.17) is 0 Å². The van der Waals surface area contributed by atoms with Gasteiger partial charge < -0.3 is 5.32 Å². The van der Waals surface area contributed by atoms with E-state index in [1.807, 2.05) is 0 Å². The zero-order chi connectivity index (χ0) is 25.1. The number of benzene rings is 2.